The highest BCUT2D eigenvalue weighted by Gasteiger charge is 2.27. The largest absolute Gasteiger partial charge is 0.488 e. The molecule has 8 heteroatoms. The van der Waals surface area contributed by atoms with E-state index in [0.29, 0.717) is 24.3 Å². The zero-order valence-corrected chi connectivity index (χ0v) is 18.6. The molecule has 0 radical (unpaired) electrons. The van der Waals surface area contributed by atoms with E-state index in [2.05, 4.69) is 11.2 Å². The highest BCUT2D eigenvalue weighted by atomic mass is 32.1. The van der Waals surface area contributed by atoms with Gasteiger partial charge in [0.15, 0.2) is 0 Å². The second-order valence-corrected chi connectivity index (χ2v) is 9.42. The number of nitrogens with zero attached hydrogens (tertiary/aromatic N) is 2. The van der Waals surface area contributed by atoms with Gasteiger partial charge < -0.3 is 19.2 Å². The quantitative estimate of drug-likeness (QED) is 0.531. The van der Waals surface area contributed by atoms with E-state index in [4.69, 9.17) is 9.57 Å². The number of rotatable bonds is 7. The number of aromatic carboxylic acids is 1. The molecule has 0 saturated heterocycles. The number of pyridine rings is 1. The van der Waals surface area contributed by atoms with Crippen LogP contribution in [-0.4, -0.2) is 28.0 Å². The predicted octanol–water partition coefficient (Wildman–Crippen LogP) is 4.56. The smallest absolute Gasteiger partial charge is 0.341 e. The number of carboxylic acids is 1. The molecule has 2 aromatic heterocycles. The molecule has 5 rings (SSSR count). The molecule has 7 nitrogen and oxygen atoms in total. The number of thiophene rings is 1. The number of carboxylic acid groups (broad SMARTS) is 1. The van der Waals surface area contributed by atoms with Crippen LogP contribution in [0.1, 0.15) is 57.9 Å². The topological polar surface area (TPSA) is 90.1 Å². The Bertz CT molecular complexity index is 1290. The van der Waals surface area contributed by atoms with Crippen LogP contribution in [-0.2, 0) is 24.3 Å². The van der Waals surface area contributed by atoms with Crippen molar-refractivity contribution in [3.63, 3.8) is 0 Å². The molecule has 2 aliphatic carbocycles. The minimum Gasteiger partial charge on any atom is -0.488 e. The monoisotopic (exact) mass is 452 g/mol. The van der Waals surface area contributed by atoms with Gasteiger partial charge in [0.05, 0.1) is 11.2 Å². The van der Waals surface area contributed by atoms with E-state index in [0.717, 1.165) is 48.2 Å². The Hall–Kier alpha value is -3.13. The average Bonchev–Trinajstić information content (AvgIpc) is 3.55. The van der Waals surface area contributed by atoms with E-state index in [9.17, 15) is 14.7 Å². The summed E-state index contributed by atoms with van der Waals surface area (Å²) in [4.78, 5) is 31.8. The van der Waals surface area contributed by atoms with E-state index in [1.807, 2.05) is 17.6 Å². The van der Waals surface area contributed by atoms with E-state index in [1.165, 1.54) is 16.6 Å². The van der Waals surface area contributed by atoms with Crippen LogP contribution in [0.4, 0.5) is 0 Å². The van der Waals surface area contributed by atoms with Gasteiger partial charge in [-0.05, 0) is 56.4 Å². The number of benzene rings is 1. The minimum atomic E-state index is -1.19. The number of hydrogen-bond donors (Lipinski definition) is 1. The Balaban J connectivity index is 1.37. The molecular formula is C24H24N2O5S. The molecule has 0 unspecified atom stereocenters. The molecule has 3 aromatic rings. The number of aryl methyl sites for hydroxylation is 1. The van der Waals surface area contributed by atoms with Gasteiger partial charge in [0, 0.05) is 39.9 Å². The van der Waals surface area contributed by atoms with Crippen molar-refractivity contribution in [2.75, 3.05) is 6.61 Å². The number of fused-ring (bicyclic) bond motifs is 2. The second-order valence-electron chi connectivity index (χ2n) is 8.20. The maximum Gasteiger partial charge on any atom is 0.341 e. The van der Waals surface area contributed by atoms with Gasteiger partial charge in [-0.1, -0.05) is 5.16 Å². The summed E-state index contributed by atoms with van der Waals surface area (Å²) in [6.45, 7) is 2.96. The molecule has 2 aliphatic rings. The Labute approximate surface area is 188 Å². The lowest BCUT2D eigenvalue weighted by molar-refractivity contribution is 0.0695. The van der Waals surface area contributed by atoms with Crippen molar-refractivity contribution in [2.24, 2.45) is 5.16 Å². The standard InChI is InChI=1S/C24H24N2O5S/c1-2-31-25-15-3-8-22-14(9-15)10-18(32-22)13-30-17-6-7-19-21(11-17)26(16-4-5-16)12-20(23(19)27)24(28)29/h6-7,10-12,16H,2-5,8-9,13H2,1H3,(H,28,29)/b25-15+. The number of oxime groups is 1. The van der Waals surface area contributed by atoms with E-state index in [-0.39, 0.29) is 11.6 Å². The van der Waals surface area contributed by atoms with Crippen LogP contribution in [0, 0.1) is 0 Å². The van der Waals surface area contributed by atoms with Crippen molar-refractivity contribution in [1.29, 1.82) is 0 Å². The first-order valence-corrected chi connectivity index (χ1v) is 11.7. The Morgan fingerprint density at radius 1 is 1.28 bits per heavy atom. The van der Waals surface area contributed by atoms with Gasteiger partial charge in [-0.15, -0.1) is 11.3 Å². The van der Waals surface area contributed by atoms with Gasteiger partial charge in [0.25, 0.3) is 0 Å². The molecule has 0 bridgehead atoms. The summed E-state index contributed by atoms with van der Waals surface area (Å²) in [6.07, 6.45) is 6.16. The normalized spacial score (nSPS) is 16.8. The number of carbonyl (C=O) groups is 1. The predicted molar refractivity (Wildman–Crippen MR) is 123 cm³/mol. The van der Waals surface area contributed by atoms with Crippen molar-refractivity contribution >= 4 is 33.9 Å². The highest BCUT2D eigenvalue weighted by Crippen LogP contribution is 2.37. The van der Waals surface area contributed by atoms with E-state index in [1.54, 1.807) is 23.5 Å². The van der Waals surface area contributed by atoms with Crippen molar-refractivity contribution < 1.29 is 19.5 Å². The van der Waals surface area contributed by atoms with Crippen LogP contribution < -0.4 is 10.2 Å². The van der Waals surface area contributed by atoms with Crippen molar-refractivity contribution in [2.45, 2.75) is 51.7 Å². The Kier molecular flexibility index (Phi) is 5.46. The zero-order valence-electron chi connectivity index (χ0n) is 17.8. The first-order chi connectivity index (χ1) is 15.5. The SMILES string of the molecule is CCO/N=C1\CCc2sc(COc3ccc4c(=O)c(C(=O)O)cn(C5CC5)c4c3)cc2C1. The minimum absolute atomic E-state index is 0.186. The van der Waals surface area contributed by atoms with Gasteiger partial charge in [0.2, 0.25) is 5.43 Å². The van der Waals surface area contributed by atoms with Crippen LogP contribution in [0.15, 0.2) is 40.4 Å². The third-order valence-corrected chi connectivity index (χ3v) is 7.07. The summed E-state index contributed by atoms with van der Waals surface area (Å²) in [5.74, 6) is -0.526. The fraction of sp³-hybridized carbons (Fsp3) is 0.375. The lowest BCUT2D eigenvalue weighted by Crippen LogP contribution is -2.18. The lowest BCUT2D eigenvalue weighted by Gasteiger charge is -2.13. The molecule has 1 aromatic carbocycles. The number of hydrogen-bond acceptors (Lipinski definition) is 6. The van der Waals surface area contributed by atoms with Gasteiger partial charge >= 0.3 is 5.97 Å². The highest BCUT2D eigenvalue weighted by molar-refractivity contribution is 7.12. The number of ether oxygens (including phenoxy) is 1. The number of aromatic nitrogens is 1. The summed E-state index contributed by atoms with van der Waals surface area (Å²) in [5.41, 5.74) is 2.46. The molecule has 0 aliphatic heterocycles. The Morgan fingerprint density at radius 2 is 2.12 bits per heavy atom. The fourth-order valence-corrected chi connectivity index (χ4v) is 5.24. The third-order valence-electron chi connectivity index (χ3n) is 5.86. The van der Waals surface area contributed by atoms with Crippen molar-refractivity contribution in [3.8, 4) is 5.75 Å². The molecule has 32 heavy (non-hydrogen) atoms. The Morgan fingerprint density at radius 3 is 2.88 bits per heavy atom. The first kappa shape index (κ1) is 20.8. The summed E-state index contributed by atoms with van der Waals surface area (Å²) < 4.78 is 7.98. The van der Waals surface area contributed by atoms with Crippen LogP contribution in [0.5, 0.6) is 5.75 Å². The molecule has 1 saturated carbocycles. The molecule has 166 valence electrons. The third kappa shape index (κ3) is 4.02. The average molecular weight is 453 g/mol. The second kappa shape index (κ2) is 8.43. The fourth-order valence-electron chi connectivity index (χ4n) is 4.14. The molecule has 0 spiro atoms. The van der Waals surface area contributed by atoms with E-state index < -0.39 is 11.4 Å². The van der Waals surface area contributed by atoms with E-state index >= 15 is 0 Å². The van der Waals surface area contributed by atoms with Crippen molar-refractivity contribution in [3.05, 3.63) is 61.6 Å². The van der Waals surface area contributed by atoms with Crippen molar-refractivity contribution in [1.82, 2.24) is 4.57 Å². The van der Waals surface area contributed by atoms with Gasteiger partial charge in [-0.3, -0.25) is 4.79 Å². The molecule has 2 heterocycles. The van der Waals surface area contributed by atoms with Gasteiger partial charge in [-0.25, -0.2) is 4.79 Å². The summed E-state index contributed by atoms with van der Waals surface area (Å²) >= 11 is 1.77. The summed E-state index contributed by atoms with van der Waals surface area (Å²) in [5, 5.41) is 14.0. The first-order valence-electron chi connectivity index (χ1n) is 10.9. The van der Waals surface area contributed by atoms with Crippen LogP contribution in [0.2, 0.25) is 0 Å². The van der Waals surface area contributed by atoms with Gasteiger partial charge in [-0.2, -0.15) is 0 Å². The zero-order chi connectivity index (χ0) is 22.2. The van der Waals surface area contributed by atoms with Gasteiger partial charge in [0.1, 0.15) is 24.5 Å². The molecular weight excluding hydrogens is 428 g/mol. The van der Waals surface area contributed by atoms with Crippen LogP contribution in [0.3, 0.4) is 0 Å². The molecule has 1 fully saturated rings. The maximum absolute atomic E-state index is 12.6. The van der Waals surface area contributed by atoms with Crippen LogP contribution in [0.25, 0.3) is 10.9 Å². The lowest BCUT2D eigenvalue weighted by atomic mass is 9.97. The summed E-state index contributed by atoms with van der Waals surface area (Å²) in [6, 6.07) is 7.69. The molecule has 0 amide bonds. The maximum atomic E-state index is 12.6. The summed E-state index contributed by atoms with van der Waals surface area (Å²) in [7, 11) is 0. The van der Waals surface area contributed by atoms with Crippen LogP contribution >= 0.6 is 11.3 Å². The molecule has 0 atom stereocenters. The molecule has 1 N–H and O–H groups in total.